The van der Waals surface area contributed by atoms with Crippen molar-refractivity contribution in [3.63, 3.8) is 0 Å². The first-order valence-electron chi connectivity index (χ1n) is 7.29. The predicted molar refractivity (Wildman–Crippen MR) is 73.1 cm³/mol. The van der Waals surface area contributed by atoms with Gasteiger partial charge in [0.05, 0.1) is 19.8 Å². The van der Waals surface area contributed by atoms with Gasteiger partial charge < -0.3 is 9.47 Å². The molecule has 0 spiro atoms. The number of esters is 1. The monoisotopic (exact) mass is 270 g/mol. The van der Waals surface area contributed by atoms with E-state index in [0.29, 0.717) is 6.04 Å². The SMILES string of the molecule is COC(=O)C1CCCN1CC1CN(C(C)C)CCO1. The summed E-state index contributed by atoms with van der Waals surface area (Å²) >= 11 is 0. The van der Waals surface area contributed by atoms with Gasteiger partial charge in [0.15, 0.2) is 0 Å². The number of hydrogen-bond acceptors (Lipinski definition) is 5. The smallest absolute Gasteiger partial charge is 0.323 e. The van der Waals surface area contributed by atoms with Crippen LogP contribution in [0.25, 0.3) is 0 Å². The highest BCUT2D eigenvalue weighted by atomic mass is 16.5. The fourth-order valence-electron chi connectivity index (χ4n) is 3.03. The number of morpholine rings is 1. The van der Waals surface area contributed by atoms with Gasteiger partial charge in [0.2, 0.25) is 0 Å². The summed E-state index contributed by atoms with van der Waals surface area (Å²) in [6, 6.07) is 0.490. The Morgan fingerprint density at radius 3 is 2.89 bits per heavy atom. The number of methoxy groups -OCH3 is 1. The van der Waals surface area contributed by atoms with E-state index in [1.165, 1.54) is 7.11 Å². The van der Waals surface area contributed by atoms with Gasteiger partial charge in [0, 0.05) is 25.7 Å². The van der Waals surface area contributed by atoms with E-state index in [4.69, 9.17) is 9.47 Å². The van der Waals surface area contributed by atoms with E-state index >= 15 is 0 Å². The average Bonchev–Trinajstić information content (AvgIpc) is 2.86. The van der Waals surface area contributed by atoms with Gasteiger partial charge in [-0.3, -0.25) is 14.6 Å². The van der Waals surface area contributed by atoms with Crippen LogP contribution in [0.4, 0.5) is 0 Å². The lowest BCUT2D eigenvalue weighted by molar-refractivity contribution is -0.146. The normalized spacial score (nSPS) is 29.9. The standard InChI is InChI=1S/C14H26N2O3/c1-11(2)15-7-8-19-12(9-15)10-16-6-4-5-13(16)14(17)18-3/h11-13H,4-10H2,1-3H3. The molecule has 0 aromatic heterocycles. The van der Waals surface area contributed by atoms with Gasteiger partial charge in [-0.15, -0.1) is 0 Å². The summed E-state index contributed by atoms with van der Waals surface area (Å²) in [5.41, 5.74) is 0. The fraction of sp³-hybridized carbons (Fsp3) is 0.929. The van der Waals surface area contributed by atoms with Gasteiger partial charge in [-0.1, -0.05) is 0 Å². The fourth-order valence-corrected chi connectivity index (χ4v) is 3.03. The van der Waals surface area contributed by atoms with Crippen molar-refractivity contribution in [3.8, 4) is 0 Å². The van der Waals surface area contributed by atoms with E-state index in [1.54, 1.807) is 0 Å². The molecule has 2 aliphatic rings. The Kier molecular flexibility index (Phi) is 5.19. The highest BCUT2D eigenvalue weighted by Crippen LogP contribution is 2.20. The minimum atomic E-state index is -0.103. The summed E-state index contributed by atoms with van der Waals surface area (Å²) in [7, 11) is 1.47. The number of likely N-dealkylation sites (tertiary alicyclic amines) is 1. The number of rotatable bonds is 4. The van der Waals surface area contributed by atoms with E-state index in [2.05, 4.69) is 23.6 Å². The van der Waals surface area contributed by atoms with Crippen molar-refractivity contribution >= 4 is 5.97 Å². The molecule has 0 aliphatic carbocycles. The molecule has 110 valence electrons. The molecule has 2 rings (SSSR count). The molecule has 2 aliphatic heterocycles. The van der Waals surface area contributed by atoms with E-state index in [-0.39, 0.29) is 18.1 Å². The lowest BCUT2D eigenvalue weighted by Crippen LogP contribution is -2.51. The third kappa shape index (κ3) is 3.68. The summed E-state index contributed by atoms with van der Waals surface area (Å²) in [5, 5.41) is 0. The third-order valence-electron chi connectivity index (χ3n) is 4.18. The Morgan fingerprint density at radius 1 is 1.42 bits per heavy atom. The maximum absolute atomic E-state index is 11.7. The molecule has 2 heterocycles. The lowest BCUT2D eigenvalue weighted by atomic mass is 10.2. The van der Waals surface area contributed by atoms with Crippen LogP contribution in [0.3, 0.4) is 0 Å². The molecule has 2 fully saturated rings. The van der Waals surface area contributed by atoms with Crippen molar-refractivity contribution < 1.29 is 14.3 Å². The second-order valence-corrected chi connectivity index (χ2v) is 5.76. The van der Waals surface area contributed by atoms with Gasteiger partial charge in [0.1, 0.15) is 6.04 Å². The molecule has 0 aromatic carbocycles. The molecule has 5 nitrogen and oxygen atoms in total. The van der Waals surface area contributed by atoms with Crippen LogP contribution >= 0.6 is 0 Å². The molecular weight excluding hydrogens is 244 g/mol. The predicted octanol–water partition coefficient (Wildman–Crippen LogP) is 0.733. The average molecular weight is 270 g/mol. The summed E-state index contributed by atoms with van der Waals surface area (Å²) in [5.74, 6) is -0.103. The number of ether oxygens (including phenoxy) is 2. The summed E-state index contributed by atoms with van der Waals surface area (Å²) < 4.78 is 10.7. The van der Waals surface area contributed by atoms with Gasteiger partial charge in [0.25, 0.3) is 0 Å². The largest absolute Gasteiger partial charge is 0.468 e. The summed E-state index contributed by atoms with van der Waals surface area (Å²) in [4.78, 5) is 16.4. The maximum Gasteiger partial charge on any atom is 0.323 e. The molecule has 0 aromatic rings. The molecule has 0 N–H and O–H groups in total. The van der Waals surface area contributed by atoms with Crippen molar-refractivity contribution in [1.82, 2.24) is 9.80 Å². The highest BCUT2D eigenvalue weighted by molar-refractivity contribution is 5.75. The van der Waals surface area contributed by atoms with Gasteiger partial charge >= 0.3 is 5.97 Å². The molecule has 0 saturated carbocycles. The molecule has 0 bridgehead atoms. The van der Waals surface area contributed by atoms with Crippen LogP contribution in [0.5, 0.6) is 0 Å². The van der Waals surface area contributed by atoms with Crippen LogP contribution in [-0.2, 0) is 14.3 Å². The maximum atomic E-state index is 11.7. The molecule has 19 heavy (non-hydrogen) atoms. The second-order valence-electron chi connectivity index (χ2n) is 5.76. The Morgan fingerprint density at radius 2 is 2.21 bits per heavy atom. The van der Waals surface area contributed by atoms with Crippen LogP contribution in [0.2, 0.25) is 0 Å². The summed E-state index contributed by atoms with van der Waals surface area (Å²) in [6.45, 7) is 9.01. The quantitative estimate of drug-likeness (QED) is 0.705. The molecule has 0 amide bonds. The number of carbonyl (C=O) groups is 1. The molecule has 2 unspecified atom stereocenters. The zero-order chi connectivity index (χ0) is 13.8. The van der Waals surface area contributed by atoms with Gasteiger partial charge in [-0.2, -0.15) is 0 Å². The minimum Gasteiger partial charge on any atom is -0.468 e. The van der Waals surface area contributed by atoms with Crippen molar-refractivity contribution in [2.45, 2.75) is 44.9 Å². The Hall–Kier alpha value is -0.650. The molecule has 2 saturated heterocycles. The van der Waals surface area contributed by atoms with Crippen LogP contribution < -0.4 is 0 Å². The second kappa shape index (κ2) is 6.68. The number of hydrogen-bond donors (Lipinski definition) is 0. The van der Waals surface area contributed by atoms with Crippen LogP contribution in [0, 0.1) is 0 Å². The van der Waals surface area contributed by atoms with E-state index in [0.717, 1.165) is 45.6 Å². The zero-order valence-corrected chi connectivity index (χ0v) is 12.3. The lowest BCUT2D eigenvalue weighted by Gasteiger charge is -2.37. The first kappa shape index (κ1) is 14.8. The highest BCUT2D eigenvalue weighted by Gasteiger charge is 2.34. The van der Waals surface area contributed by atoms with Crippen molar-refractivity contribution in [3.05, 3.63) is 0 Å². The topological polar surface area (TPSA) is 42.0 Å². The Labute approximate surface area is 115 Å². The van der Waals surface area contributed by atoms with E-state index in [9.17, 15) is 4.79 Å². The van der Waals surface area contributed by atoms with Crippen molar-refractivity contribution in [2.75, 3.05) is 39.9 Å². The van der Waals surface area contributed by atoms with Crippen LogP contribution in [0.15, 0.2) is 0 Å². The molecule has 2 atom stereocenters. The van der Waals surface area contributed by atoms with Gasteiger partial charge in [-0.05, 0) is 33.2 Å². The first-order valence-corrected chi connectivity index (χ1v) is 7.29. The van der Waals surface area contributed by atoms with E-state index in [1.807, 2.05) is 0 Å². The van der Waals surface area contributed by atoms with Crippen LogP contribution in [0.1, 0.15) is 26.7 Å². The van der Waals surface area contributed by atoms with Crippen LogP contribution in [-0.4, -0.2) is 73.9 Å². The number of carbonyl (C=O) groups excluding carboxylic acids is 1. The number of nitrogens with zero attached hydrogens (tertiary/aromatic N) is 2. The van der Waals surface area contributed by atoms with E-state index < -0.39 is 0 Å². The third-order valence-corrected chi connectivity index (χ3v) is 4.18. The Bertz CT molecular complexity index is 309. The first-order chi connectivity index (χ1) is 9.11. The summed E-state index contributed by atoms with van der Waals surface area (Å²) in [6.07, 6.45) is 2.19. The Balaban J connectivity index is 1.87. The molecular formula is C14H26N2O3. The minimum absolute atomic E-state index is 0.0666. The zero-order valence-electron chi connectivity index (χ0n) is 12.3. The van der Waals surface area contributed by atoms with Crippen molar-refractivity contribution in [2.24, 2.45) is 0 Å². The van der Waals surface area contributed by atoms with Crippen molar-refractivity contribution in [1.29, 1.82) is 0 Å². The molecule has 5 heteroatoms. The molecule has 0 radical (unpaired) electrons. The van der Waals surface area contributed by atoms with Gasteiger partial charge in [-0.25, -0.2) is 0 Å².